The summed E-state index contributed by atoms with van der Waals surface area (Å²) < 4.78 is 0.975. The molecule has 2 aromatic carbocycles. The zero-order valence-corrected chi connectivity index (χ0v) is 15.1. The van der Waals surface area contributed by atoms with Gasteiger partial charge in [-0.25, -0.2) is 0 Å². The van der Waals surface area contributed by atoms with E-state index in [0.29, 0.717) is 0 Å². The zero-order chi connectivity index (χ0) is 15.3. The molecule has 0 aliphatic carbocycles. The average Bonchev–Trinajstić information content (AvgIpc) is 2.48. The Balaban J connectivity index is 0.00000242. The number of quaternary nitrogens is 1. The molecule has 0 saturated heterocycles. The van der Waals surface area contributed by atoms with E-state index in [1.54, 1.807) is 0 Å². The molecule has 0 amide bonds. The van der Waals surface area contributed by atoms with Crippen molar-refractivity contribution in [3.8, 4) is 0 Å². The fourth-order valence-electron chi connectivity index (χ4n) is 2.70. The third-order valence-electron chi connectivity index (χ3n) is 3.69. The Morgan fingerprint density at radius 1 is 0.909 bits per heavy atom. The number of nitrogens with zero attached hydrogens (tertiary/aromatic N) is 1. The van der Waals surface area contributed by atoms with Crippen molar-refractivity contribution in [2.45, 2.75) is 19.9 Å². The van der Waals surface area contributed by atoms with Crippen LogP contribution < -0.4 is 17.0 Å². The van der Waals surface area contributed by atoms with Gasteiger partial charge in [0.05, 0.1) is 20.6 Å². The molecule has 0 aliphatic rings. The summed E-state index contributed by atoms with van der Waals surface area (Å²) in [6.07, 6.45) is 1.18. The van der Waals surface area contributed by atoms with E-state index in [4.69, 9.17) is 0 Å². The van der Waals surface area contributed by atoms with Gasteiger partial charge in [0.1, 0.15) is 6.54 Å². The van der Waals surface area contributed by atoms with Crippen molar-refractivity contribution in [1.82, 2.24) is 0 Å². The van der Waals surface area contributed by atoms with Gasteiger partial charge in [-0.3, -0.25) is 4.79 Å². The number of halogens is 1. The first-order valence-electron chi connectivity index (χ1n) is 7.52. The lowest BCUT2D eigenvalue weighted by Crippen LogP contribution is -3.00. The third-order valence-corrected chi connectivity index (χ3v) is 3.69. The first-order chi connectivity index (χ1) is 10.0. The molecule has 0 saturated carbocycles. The number of carbonyl (C=O) groups excluding carboxylic acids is 1. The monoisotopic (exact) mass is 361 g/mol. The van der Waals surface area contributed by atoms with Crippen molar-refractivity contribution in [1.29, 1.82) is 0 Å². The number of ketones is 1. The van der Waals surface area contributed by atoms with Crippen LogP contribution >= 0.6 is 0 Å². The smallest absolute Gasteiger partial charge is 0.193 e. The van der Waals surface area contributed by atoms with Crippen LogP contribution in [-0.4, -0.2) is 30.9 Å². The van der Waals surface area contributed by atoms with Crippen LogP contribution in [0, 0.1) is 0 Å². The van der Waals surface area contributed by atoms with E-state index in [1.165, 1.54) is 12.0 Å². The molecule has 0 atom stereocenters. The van der Waals surface area contributed by atoms with Gasteiger partial charge < -0.3 is 21.5 Å². The normalized spacial score (nSPS) is 10.9. The van der Waals surface area contributed by atoms with E-state index in [9.17, 15) is 4.79 Å². The zero-order valence-electron chi connectivity index (χ0n) is 13.6. The van der Waals surface area contributed by atoms with Crippen LogP contribution in [0.25, 0.3) is 0 Å². The van der Waals surface area contributed by atoms with Gasteiger partial charge in [-0.15, -0.1) is 0 Å². The molecule has 0 fully saturated rings. The molecule has 2 aromatic rings. The predicted octanol–water partition coefficient (Wildman–Crippen LogP) is 0.908. The Kier molecular flexibility index (Phi) is 6.98. The molecule has 2 nitrogen and oxygen atoms in total. The molecule has 0 N–H and O–H groups in total. The van der Waals surface area contributed by atoms with Crippen LogP contribution in [0.2, 0.25) is 0 Å². The molecule has 2 rings (SSSR count). The minimum atomic E-state index is 0. The van der Waals surface area contributed by atoms with Crippen LogP contribution in [0.1, 0.15) is 34.8 Å². The molecular formula is C19H24BrNO. The highest BCUT2D eigenvalue weighted by Gasteiger charge is 2.15. The van der Waals surface area contributed by atoms with Gasteiger partial charge in [-0.1, -0.05) is 61.5 Å². The lowest BCUT2D eigenvalue weighted by atomic mass is 10.0. The number of hydrogen-bond acceptors (Lipinski definition) is 1. The van der Waals surface area contributed by atoms with Crippen LogP contribution in [0.15, 0.2) is 54.6 Å². The second kappa shape index (κ2) is 8.25. The molecule has 0 unspecified atom stereocenters. The van der Waals surface area contributed by atoms with Crippen molar-refractivity contribution >= 4 is 5.78 Å². The van der Waals surface area contributed by atoms with E-state index in [1.807, 2.05) is 42.5 Å². The van der Waals surface area contributed by atoms with E-state index >= 15 is 0 Å². The van der Waals surface area contributed by atoms with E-state index in [0.717, 1.165) is 28.7 Å². The fourth-order valence-corrected chi connectivity index (χ4v) is 2.70. The van der Waals surface area contributed by atoms with Gasteiger partial charge in [0.25, 0.3) is 0 Å². The summed E-state index contributed by atoms with van der Waals surface area (Å²) >= 11 is 0. The van der Waals surface area contributed by atoms with Crippen LogP contribution in [-0.2, 0) is 6.54 Å². The van der Waals surface area contributed by atoms with Gasteiger partial charge in [-0.05, 0) is 6.42 Å². The average molecular weight is 362 g/mol. The summed E-state index contributed by atoms with van der Waals surface area (Å²) in [5.74, 6) is 0.0875. The summed E-state index contributed by atoms with van der Waals surface area (Å²) in [5, 5.41) is 0. The Bertz CT molecular complexity index is 591. The van der Waals surface area contributed by atoms with Gasteiger partial charge in [0.15, 0.2) is 5.78 Å². The fraction of sp³-hybridized carbons (Fsp3) is 0.316. The number of carbonyl (C=O) groups is 1. The summed E-state index contributed by atoms with van der Waals surface area (Å²) in [4.78, 5) is 12.3. The highest BCUT2D eigenvalue weighted by Crippen LogP contribution is 2.14. The molecule has 0 radical (unpaired) electrons. The van der Waals surface area contributed by atoms with Crippen LogP contribution in [0.5, 0.6) is 0 Å². The van der Waals surface area contributed by atoms with Crippen molar-refractivity contribution in [3.63, 3.8) is 0 Å². The van der Waals surface area contributed by atoms with Gasteiger partial charge in [-0.2, -0.15) is 0 Å². The molecule has 0 aliphatic heterocycles. The molecule has 0 aromatic heterocycles. The number of hydrogen-bond donors (Lipinski definition) is 0. The summed E-state index contributed by atoms with van der Waals surface area (Å²) in [6, 6.07) is 17.5. The van der Waals surface area contributed by atoms with Crippen molar-refractivity contribution in [2.75, 3.05) is 20.6 Å². The second-order valence-electron chi connectivity index (χ2n) is 6.21. The standard InChI is InChI=1S/C19H24NO.BrH/c1-4-14-20(2,3)15-16-10-12-18(13-11-16)19(21)17-8-6-5-7-9-17;/h5-13H,4,14-15H2,1-3H3;1H/q+1;/p-1. The van der Waals surface area contributed by atoms with Gasteiger partial charge in [0.2, 0.25) is 0 Å². The summed E-state index contributed by atoms with van der Waals surface area (Å²) in [6.45, 7) is 4.36. The highest BCUT2D eigenvalue weighted by atomic mass is 79.9. The van der Waals surface area contributed by atoms with Crippen molar-refractivity contribution in [3.05, 3.63) is 71.3 Å². The maximum atomic E-state index is 12.3. The van der Waals surface area contributed by atoms with Gasteiger partial charge in [0, 0.05) is 16.7 Å². The van der Waals surface area contributed by atoms with Crippen molar-refractivity contribution in [2.24, 2.45) is 0 Å². The lowest BCUT2D eigenvalue weighted by molar-refractivity contribution is -0.903. The number of benzene rings is 2. The molecule has 0 bridgehead atoms. The van der Waals surface area contributed by atoms with E-state index < -0.39 is 0 Å². The maximum Gasteiger partial charge on any atom is 0.193 e. The molecule has 22 heavy (non-hydrogen) atoms. The summed E-state index contributed by atoms with van der Waals surface area (Å²) in [7, 11) is 4.49. The topological polar surface area (TPSA) is 17.1 Å². The first-order valence-corrected chi connectivity index (χ1v) is 7.52. The van der Waals surface area contributed by atoms with Crippen molar-refractivity contribution < 1.29 is 26.3 Å². The number of rotatable bonds is 6. The first kappa shape index (κ1) is 18.6. The van der Waals surface area contributed by atoms with Gasteiger partial charge >= 0.3 is 0 Å². The lowest BCUT2D eigenvalue weighted by Gasteiger charge is -2.29. The molecule has 0 heterocycles. The Labute approximate surface area is 144 Å². The third kappa shape index (κ3) is 5.08. The second-order valence-corrected chi connectivity index (χ2v) is 6.21. The SMILES string of the molecule is CCC[N+](C)(C)Cc1ccc(C(=O)c2ccccc2)cc1.[Br-]. The Morgan fingerprint density at radius 3 is 2.00 bits per heavy atom. The minimum Gasteiger partial charge on any atom is -1.00 e. The minimum absolute atomic E-state index is 0. The van der Waals surface area contributed by atoms with E-state index in [-0.39, 0.29) is 22.8 Å². The Morgan fingerprint density at radius 2 is 1.45 bits per heavy atom. The highest BCUT2D eigenvalue weighted by molar-refractivity contribution is 6.08. The maximum absolute atomic E-state index is 12.3. The molecule has 118 valence electrons. The molecule has 3 heteroatoms. The van der Waals surface area contributed by atoms with Crippen LogP contribution in [0.3, 0.4) is 0 Å². The predicted molar refractivity (Wildman–Crippen MR) is 87.3 cm³/mol. The summed E-state index contributed by atoms with van der Waals surface area (Å²) in [5.41, 5.74) is 2.77. The Hall–Kier alpha value is -1.45. The van der Waals surface area contributed by atoms with E-state index in [2.05, 4.69) is 33.2 Å². The largest absolute Gasteiger partial charge is 1.00 e. The molecule has 0 spiro atoms. The molecular weight excluding hydrogens is 338 g/mol. The van der Waals surface area contributed by atoms with Crippen LogP contribution in [0.4, 0.5) is 0 Å². The quantitative estimate of drug-likeness (QED) is 0.552.